The highest BCUT2D eigenvalue weighted by Gasteiger charge is 2.32. The van der Waals surface area contributed by atoms with Crippen molar-refractivity contribution in [1.82, 2.24) is 15.5 Å². The molecule has 3 nitrogen and oxygen atoms in total. The van der Waals surface area contributed by atoms with Crippen LogP contribution in [0.5, 0.6) is 0 Å². The lowest BCUT2D eigenvalue weighted by molar-refractivity contribution is -0.137. The lowest BCUT2D eigenvalue weighted by atomic mass is 9.84. The Kier molecular flexibility index (Phi) is 3.87. The summed E-state index contributed by atoms with van der Waals surface area (Å²) >= 11 is 0. The number of piperidine rings is 1. The minimum absolute atomic E-state index is 0.215. The van der Waals surface area contributed by atoms with Crippen molar-refractivity contribution in [2.75, 3.05) is 13.1 Å². The van der Waals surface area contributed by atoms with Crippen molar-refractivity contribution >= 4 is 0 Å². The summed E-state index contributed by atoms with van der Waals surface area (Å²) in [5.41, 5.74) is 2.66. The molecule has 6 heteroatoms. The largest absolute Gasteiger partial charge is 0.416 e. The molecule has 2 unspecified atom stereocenters. The summed E-state index contributed by atoms with van der Waals surface area (Å²) in [5, 5.41) is 11.0. The Morgan fingerprint density at radius 3 is 2.33 bits per heavy atom. The summed E-state index contributed by atoms with van der Waals surface area (Å²) in [6, 6.07) is 7.74. The van der Waals surface area contributed by atoms with Crippen LogP contribution in [-0.2, 0) is 6.18 Å². The number of benzene rings is 1. The van der Waals surface area contributed by atoms with Gasteiger partial charge in [-0.2, -0.15) is 18.3 Å². The summed E-state index contributed by atoms with van der Waals surface area (Å²) in [7, 11) is 0. The van der Waals surface area contributed by atoms with Gasteiger partial charge in [0.15, 0.2) is 0 Å². The van der Waals surface area contributed by atoms with E-state index < -0.39 is 11.7 Å². The van der Waals surface area contributed by atoms with E-state index in [-0.39, 0.29) is 5.92 Å². The maximum absolute atomic E-state index is 12.7. The molecule has 2 aromatic rings. The monoisotopic (exact) mass is 335 g/mol. The highest BCUT2D eigenvalue weighted by atomic mass is 19.4. The topological polar surface area (TPSA) is 40.7 Å². The average Bonchev–Trinajstić information content (AvgIpc) is 3.31. The molecule has 24 heavy (non-hydrogen) atoms. The van der Waals surface area contributed by atoms with Gasteiger partial charge in [0.25, 0.3) is 0 Å². The van der Waals surface area contributed by atoms with E-state index in [0.717, 1.165) is 30.8 Å². The Morgan fingerprint density at radius 2 is 1.67 bits per heavy atom. The number of hydrogen-bond donors (Lipinski definition) is 2. The zero-order valence-corrected chi connectivity index (χ0v) is 13.2. The molecule has 2 aliphatic rings. The van der Waals surface area contributed by atoms with Gasteiger partial charge >= 0.3 is 6.18 Å². The molecule has 1 aliphatic heterocycles. The summed E-state index contributed by atoms with van der Waals surface area (Å²) < 4.78 is 38.1. The molecule has 2 N–H and O–H groups in total. The number of aromatic amines is 1. The summed E-state index contributed by atoms with van der Waals surface area (Å²) in [5.74, 6) is 1.16. The van der Waals surface area contributed by atoms with Gasteiger partial charge in [-0.3, -0.25) is 5.10 Å². The zero-order chi connectivity index (χ0) is 16.7. The molecule has 1 saturated carbocycles. The molecule has 0 bridgehead atoms. The fraction of sp³-hybridized carbons (Fsp3) is 0.500. The molecule has 0 amide bonds. The number of rotatable bonds is 3. The highest BCUT2D eigenvalue weighted by Crippen LogP contribution is 2.40. The Labute approximate surface area is 138 Å². The van der Waals surface area contributed by atoms with Crippen molar-refractivity contribution in [2.45, 2.75) is 43.2 Å². The van der Waals surface area contributed by atoms with Gasteiger partial charge in [0.05, 0.1) is 11.3 Å². The van der Waals surface area contributed by atoms with Crippen molar-refractivity contribution in [3.05, 3.63) is 52.8 Å². The lowest BCUT2D eigenvalue weighted by Gasteiger charge is -2.29. The van der Waals surface area contributed by atoms with Crippen molar-refractivity contribution in [2.24, 2.45) is 0 Å². The van der Waals surface area contributed by atoms with Gasteiger partial charge in [0, 0.05) is 30.6 Å². The summed E-state index contributed by atoms with van der Waals surface area (Å²) in [6.45, 7) is 1.66. The van der Waals surface area contributed by atoms with Crippen LogP contribution in [0, 0.1) is 0 Å². The normalized spacial score (nSPS) is 25.0. The number of aromatic nitrogens is 2. The number of H-pyrrole nitrogens is 1. The van der Waals surface area contributed by atoms with E-state index in [1.807, 2.05) is 0 Å². The molecule has 2 atom stereocenters. The lowest BCUT2D eigenvalue weighted by Crippen LogP contribution is -2.34. The number of halogens is 3. The standard InChI is InChI=1S/C18H20F3N3/c19-18(20,21)15-5-3-11(4-6-15)13-7-14(10-22-9-13)17-8-16(23-24-17)12-1-2-12/h3-6,8,12-14,22H,1-2,7,9-10H2,(H,23,24). The van der Waals surface area contributed by atoms with Crippen LogP contribution in [0.15, 0.2) is 30.3 Å². The highest BCUT2D eigenvalue weighted by molar-refractivity contribution is 5.29. The van der Waals surface area contributed by atoms with Crippen LogP contribution < -0.4 is 5.32 Å². The molecule has 4 rings (SSSR count). The van der Waals surface area contributed by atoms with Crippen molar-refractivity contribution in [1.29, 1.82) is 0 Å². The maximum Gasteiger partial charge on any atom is 0.416 e. The smallest absolute Gasteiger partial charge is 0.315 e. The molecule has 0 radical (unpaired) electrons. The molecule has 2 fully saturated rings. The van der Waals surface area contributed by atoms with E-state index in [0.29, 0.717) is 11.8 Å². The second-order valence-electron chi connectivity index (χ2n) is 6.93. The first-order valence-corrected chi connectivity index (χ1v) is 8.44. The minimum atomic E-state index is -4.28. The second kappa shape index (κ2) is 5.92. The molecular formula is C18H20F3N3. The second-order valence-corrected chi connectivity index (χ2v) is 6.93. The molecule has 128 valence electrons. The molecule has 1 aliphatic carbocycles. The molecule has 2 heterocycles. The van der Waals surface area contributed by atoms with Crippen molar-refractivity contribution < 1.29 is 13.2 Å². The fourth-order valence-electron chi connectivity index (χ4n) is 3.53. The minimum Gasteiger partial charge on any atom is -0.315 e. The van der Waals surface area contributed by atoms with Gasteiger partial charge in [0.2, 0.25) is 0 Å². The third kappa shape index (κ3) is 3.20. The Balaban J connectivity index is 1.47. The van der Waals surface area contributed by atoms with Gasteiger partial charge in [-0.05, 0) is 48.9 Å². The number of alkyl halides is 3. The van der Waals surface area contributed by atoms with E-state index in [4.69, 9.17) is 0 Å². The van der Waals surface area contributed by atoms with Crippen LogP contribution in [0.1, 0.15) is 59.5 Å². The van der Waals surface area contributed by atoms with E-state index in [1.165, 1.54) is 30.7 Å². The summed E-state index contributed by atoms with van der Waals surface area (Å²) in [6.07, 6.45) is -0.898. The van der Waals surface area contributed by atoms with Crippen LogP contribution in [-0.4, -0.2) is 23.3 Å². The quantitative estimate of drug-likeness (QED) is 0.884. The third-order valence-corrected chi connectivity index (χ3v) is 5.11. The van der Waals surface area contributed by atoms with Crippen LogP contribution in [0.3, 0.4) is 0 Å². The van der Waals surface area contributed by atoms with Crippen LogP contribution >= 0.6 is 0 Å². The number of nitrogens with zero attached hydrogens (tertiary/aromatic N) is 1. The van der Waals surface area contributed by atoms with Crippen LogP contribution in [0.25, 0.3) is 0 Å². The Hall–Kier alpha value is -1.82. The van der Waals surface area contributed by atoms with Gasteiger partial charge < -0.3 is 5.32 Å². The van der Waals surface area contributed by atoms with E-state index in [1.54, 1.807) is 12.1 Å². The average molecular weight is 335 g/mol. The van der Waals surface area contributed by atoms with Gasteiger partial charge in [-0.15, -0.1) is 0 Å². The third-order valence-electron chi connectivity index (χ3n) is 5.11. The predicted molar refractivity (Wildman–Crippen MR) is 85.0 cm³/mol. The molecule has 1 aromatic carbocycles. The maximum atomic E-state index is 12.7. The number of hydrogen-bond acceptors (Lipinski definition) is 2. The molecule has 1 aromatic heterocycles. The first-order valence-electron chi connectivity index (χ1n) is 8.44. The summed E-state index contributed by atoms with van der Waals surface area (Å²) in [4.78, 5) is 0. The van der Waals surface area contributed by atoms with Crippen molar-refractivity contribution in [3.8, 4) is 0 Å². The predicted octanol–water partition coefficient (Wildman–Crippen LogP) is 4.17. The first-order chi connectivity index (χ1) is 11.5. The van der Waals surface area contributed by atoms with Crippen molar-refractivity contribution in [3.63, 3.8) is 0 Å². The van der Waals surface area contributed by atoms with Gasteiger partial charge in [0.1, 0.15) is 0 Å². The van der Waals surface area contributed by atoms with Crippen LogP contribution in [0.4, 0.5) is 13.2 Å². The van der Waals surface area contributed by atoms with Crippen LogP contribution in [0.2, 0.25) is 0 Å². The molecular weight excluding hydrogens is 315 g/mol. The Morgan fingerprint density at radius 1 is 0.958 bits per heavy atom. The van der Waals surface area contributed by atoms with E-state index in [9.17, 15) is 13.2 Å². The zero-order valence-electron chi connectivity index (χ0n) is 13.2. The van der Waals surface area contributed by atoms with Gasteiger partial charge in [-0.25, -0.2) is 0 Å². The molecule has 1 saturated heterocycles. The SMILES string of the molecule is FC(F)(F)c1ccc(C2CNCC(c3cc(C4CC4)[nH]n3)C2)cc1. The van der Waals surface area contributed by atoms with E-state index in [2.05, 4.69) is 21.6 Å². The Bertz CT molecular complexity index is 701. The number of nitrogens with one attached hydrogen (secondary N) is 2. The van der Waals surface area contributed by atoms with Gasteiger partial charge in [-0.1, -0.05) is 12.1 Å². The van der Waals surface area contributed by atoms with E-state index >= 15 is 0 Å². The first kappa shape index (κ1) is 15.7. The fourth-order valence-corrected chi connectivity index (χ4v) is 3.53. The molecule has 0 spiro atoms.